The molecule has 0 aliphatic carbocycles. The number of nitrogens with two attached hydrogens (primary N) is 1. The Labute approximate surface area is 104 Å². The van der Waals surface area contributed by atoms with Crippen molar-refractivity contribution in [3.8, 4) is 0 Å². The summed E-state index contributed by atoms with van der Waals surface area (Å²) in [4.78, 5) is 22.3. The Balaban J connectivity index is 2.65. The average molecular weight is 254 g/mol. The maximum absolute atomic E-state index is 13.2. The fraction of sp³-hybridized carbons (Fsp3) is 0.333. The van der Waals surface area contributed by atoms with E-state index in [1.165, 1.54) is 12.1 Å². The number of ether oxygens (including phenoxy) is 1. The van der Waals surface area contributed by atoms with Crippen molar-refractivity contribution in [1.82, 2.24) is 0 Å². The minimum absolute atomic E-state index is 0.0862. The monoisotopic (exact) mass is 254 g/mol. The van der Waals surface area contributed by atoms with E-state index in [1.807, 2.05) is 6.92 Å². The zero-order chi connectivity index (χ0) is 13.5. The topological polar surface area (TPSA) is 81.4 Å². The summed E-state index contributed by atoms with van der Waals surface area (Å²) in [6.45, 7) is 2.33. The lowest BCUT2D eigenvalue weighted by Crippen LogP contribution is -2.19. The van der Waals surface area contributed by atoms with Crippen molar-refractivity contribution in [2.75, 3.05) is 18.5 Å². The van der Waals surface area contributed by atoms with Gasteiger partial charge in [-0.1, -0.05) is 6.92 Å². The molecular formula is C12H15FN2O3. The first-order valence-corrected chi connectivity index (χ1v) is 5.51. The fourth-order valence-electron chi connectivity index (χ4n) is 1.30. The minimum atomic E-state index is -0.883. The molecule has 0 aliphatic heterocycles. The number of carbonyl (C=O) groups is 2. The number of halogens is 1. The molecule has 0 spiro atoms. The van der Waals surface area contributed by atoms with Gasteiger partial charge < -0.3 is 15.8 Å². The van der Waals surface area contributed by atoms with E-state index in [0.29, 0.717) is 12.3 Å². The molecule has 0 unspecified atom stereocenters. The van der Waals surface area contributed by atoms with E-state index in [2.05, 4.69) is 5.32 Å². The van der Waals surface area contributed by atoms with E-state index in [-0.39, 0.29) is 18.1 Å². The summed E-state index contributed by atoms with van der Waals surface area (Å²) in [6, 6.07) is 3.61. The predicted octanol–water partition coefficient (Wildman–Crippen LogP) is 1.29. The number of anilines is 1. The van der Waals surface area contributed by atoms with E-state index in [9.17, 15) is 14.0 Å². The zero-order valence-corrected chi connectivity index (χ0v) is 10.0. The van der Waals surface area contributed by atoms with E-state index >= 15 is 0 Å². The van der Waals surface area contributed by atoms with Gasteiger partial charge in [-0.2, -0.15) is 0 Å². The second-order valence-corrected chi connectivity index (χ2v) is 3.66. The largest absolute Gasteiger partial charge is 0.372 e. The summed E-state index contributed by atoms with van der Waals surface area (Å²) in [6.07, 6.45) is 0.815. The minimum Gasteiger partial charge on any atom is -0.372 e. The van der Waals surface area contributed by atoms with Gasteiger partial charge in [0.2, 0.25) is 5.91 Å². The first kappa shape index (κ1) is 14.1. The van der Waals surface area contributed by atoms with Crippen LogP contribution in [0.2, 0.25) is 0 Å². The van der Waals surface area contributed by atoms with Crippen LogP contribution in [0.1, 0.15) is 23.7 Å². The lowest BCUT2D eigenvalue weighted by molar-refractivity contribution is -0.120. The molecule has 0 fully saturated rings. The van der Waals surface area contributed by atoms with Crippen LogP contribution in [0.4, 0.5) is 10.1 Å². The van der Waals surface area contributed by atoms with Gasteiger partial charge in [0, 0.05) is 12.3 Å². The summed E-state index contributed by atoms with van der Waals surface area (Å²) < 4.78 is 18.2. The lowest BCUT2D eigenvalue weighted by Gasteiger charge is -2.07. The smallest absolute Gasteiger partial charge is 0.251 e. The van der Waals surface area contributed by atoms with Crippen molar-refractivity contribution >= 4 is 17.5 Å². The van der Waals surface area contributed by atoms with Gasteiger partial charge in [-0.05, 0) is 24.6 Å². The van der Waals surface area contributed by atoms with E-state index in [0.717, 1.165) is 12.5 Å². The SMILES string of the molecule is CCCOCC(=O)Nc1ccc(F)c(C(N)=O)c1. The van der Waals surface area contributed by atoms with Crippen LogP contribution in [-0.4, -0.2) is 25.0 Å². The van der Waals surface area contributed by atoms with Gasteiger partial charge in [-0.3, -0.25) is 9.59 Å². The van der Waals surface area contributed by atoms with Crippen LogP contribution in [0.15, 0.2) is 18.2 Å². The second-order valence-electron chi connectivity index (χ2n) is 3.66. The zero-order valence-electron chi connectivity index (χ0n) is 10.0. The van der Waals surface area contributed by atoms with E-state index in [4.69, 9.17) is 10.5 Å². The Bertz CT molecular complexity index is 449. The molecule has 18 heavy (non-hydrogen) atoms. The third kappa shape index (κ3) is 4.14. The Hall–Kier alpha value is -1.95. The summed E-state index contributed by atoms with van der Waals surface area (Å²) in [5, 5.41) is 2.48. The highest BCUT2D eigenvalue weighted by atomic mass is 19.1. The molecule has 0 atom stereocenters. The number of primary amides is 1. The van der Waals surface area contributed by atoms with Gasteiger partial charge in [0.15, 0.2) is 0 Å². The third-order valence-corrected chi connectivity index (χ3v) is 2.10. The number of rotatable bonds is 6. The molecule has 0 aliphatic rings. The van der Waals surface area contributed by atoms with Crippen LogP contribution in [0.5, 0.6) is 0 Å². The molecule has 0 aromatic heterocycles. The molecule has 98 valence electrons. The first-order chi connectivity index (χ1) is 8.54. The van der Waals surface area contributed by atoms with E-state index in [1.54, 1.807) is 0 Å². The molecule has 5 nitrogen and oxygen atoms in total. The van der Waals surface area contributed by atoms with Gasteiger partial charge in [0.25, 0.3) is 5.91 Å². The quantitative estimate of drug-likeness (QED) is 0.750. The highest BCUT2D eigenvalue weighted by Gasteiger charge is 2.10. The molecule has 0 saturated heterocycles. The predicted molar refractivity (Wildman–Crippen MR) is 64.7 cm³/mol. The summed E-state index contributed by atoms with van der Waals surface area (Å²) in [5.74, 6) is -1.97. The Morgan fingerprint density at radius 2 is 2.17 bits per heavy atom. The molecule has 2 amide bonds. The van der Waals surface area contributed by atoms with Gasteiger partial charge in [0.1, 0.15) is 12.4 Å². The van der Waals surface area contributed by atoms with Crippen molar-refractivity contribution in [1.29, 1.82) is 0 Å². The van der Waals surface area contributed by atoms with Gasteiger partial charge in [0.05, 0.1) is 5.56 Å². The van der Waals surface area contributed by atoms with Crippen LogP contribution < -0.4 is 11.1 Å². The van der Waals surface area contributed by atoms with Crippen LogP contribution in [-0.2, 0) is 9.53 Å². The molecule has 0 radical (unpaired) electrons. The summed E-state index contributed by atoms with van der Waals surface area (Å²) in [7, 11) is 0. The van der Waals surface area contributed by atoms with Crippen molar-refractivity contribution in [3.63, 3.8) is 0 Å². The van der Waals surface area contributed by atoms with Crippen LogP contribution in [0.25, 0.3) is 0 Å². The normalized spacial score (nSPS) is 10.1. The Morgan fingerprint density at radius 3 is 2.78 bits per heavy atom. The van der Waals surface area contributed by atoms with E-state index < -0.39 is 11.7 Å². The summed E-state index contributed by atoms with van der Waals surface area (Å²) in [5.41, 5.74) is 5.04. The van der Waals surface area contributed by atoms with Crippen LogP contribution >= 0.6 is 0 Å². The number of amides is 2. The highest BCUT2D eigenvalue weighted by molar-refractivity contribution is 5.96. The lowest BCUT2D eigenvalue weighted by atomic mass is 10.2. The molecule has 0 bridgehead atoms. The van der Waals surface area contributed by atoms with Gasteiger partial charge in [-0.25, -0.2) is 4.39 Å². The molecule has 1 aromatic rings. The van der Waals surface area contributed by atoms with Crippen molar-refractivity contribution in [2.45, 2.75) is 13.3 Å². The van der Waals surface area contributed by atoms with Gasteiger partial charge >= 0.3 is 0 Å². The van der Waals surface area contributed by atoms with Crippen LogP contribution in [0.3, 0.4) is 0 Å². The van der Waals surface area contributed by atoms with Crippen molar-refractivity contribution in [3.05, 3.63) is 29.6 Å². The number of hydrogen-bond acceptors (Lipinski definition) is 3. The maximum Gasteiger partial charge on any atom is 0.251 e. The molecular weight excluding hydrogens is 239 g/mol. The number of hydrogen-bond donors (Lipinski definition) is 2. The maximum atomic E-state index is 13.2. The Kier molecular flexibility index (Phi) is 5.26. The molecule has 6 heteroatoms. The first-order valence-electron chi connectivity index (χ1n) is 5.51. The summed E-state index contributed by atoms with van der Waals surface area (Å²) >= 11 is 0. The van der Waals surface area contributed by atoms with Crippen LogP contribution in [0, 0.1) is 5.82 Å². The fourth-order valence-corrected chi connectivity index (χ4v) is 1.30. The highest BCUT2D eigenvalue weighted by Crippen LogP contribution is 2.14. The van der Waals surface area contributed by atoms with Crippen molar-refractivity contribution < 1.29 is 18.7 Å². The molecule has 1 aromatic carbocycles. The molecule has 0 saturated carbocycles. The number of nitrogens with one attached hydrogen (secondary N) is 1. The number of benzene rings is 1. The molecule has 0 heterocycles. The third-order valence-electron chi connectivity index (χ3n) is 2.10. The standard InChI is InChI=1S/C12H15FN2O3/c1-2-5-18-7-11(16)15-8-3-4-10(13)9(6-8)12(14)17/h3-4,6H,2,5,7H2,1H3,(H2,14,17)(H,15,16). The molecule has 1 rings (SSSR count). The Morgan fingerprint density at radius 1 is 1.44 bits per heavy atom. The molecule has 3 N–H and O–H groups in total. The van der Waals surface area contributed by atoms with Crippen molar-refractivity contribution in [2.24, 2.45) is 5.73 Å². The second kappa shape index (κ2) is 6.70. The van der Waals surface area contributed by atoms with Gasteiger partial charge in [-0.15, -0.1) is 0 Å². The average Bonchev–Trinajstić information content (AvgIpc) is 2.31. The number of carbonyl (C=O) groups excluding carboxylic acids is 2.